The molecule has 0 aliphatic heterocycles. The highest BCUT2D eigenvalue weighted by Gasteiger charge is 2.31. The number of halogens is 1. The molecule has 2 rings (SSSR count). The number of carbonyl (C=O) groups is 1. The fraction of sp³-hybridized carbons (Fsp3) is 0.471. The molecule has 2 aromatic heterocycles. The molecule has 2 aromatic rings. The second-order valence-electron chi connectivity index (χ2n) is 6.06. The Kier molecular flexibility index (Phi) is 8.44. The highest BCUT2D eigenvalue weighted by molar-refractivity contribution is 7.10. The summed E-state index contributed by atoms with van der Waals surface area (Å²) in [5, 5.41) is 4.11. The van der Waals surface area contributed by atoms with Gasteiger partial charge in [-0.2, -0.15) is 0 Å². The minimum absolute atomic E-state index is 0. The van der Waals surface area contributed by atoms with Gasteiger partial charge in [0.15, 0.2) is 5.78 Å². The molecule has 0 saturated carbocycles. The van der Waals surface area contributed by atoms with Gasteiger partial charge in [0.2, 0.25) is 0 Å². The lowest BCUT2D eigenvalue weighted by Crippen LogP contribution is -2.33. The average molecular weight is 373 g/mol. The van der Waals surface area contributed by atoms with Gasteiger partial charge in [-0.25, -0.2) is 0 Å². The SMILES string of the molecule is CN(C)CC(C(=O)C(CN(C)C)c1cccs1)c1cccs1.Cl. The van der Waals surface area contributed by atoms with E-state index in [-0.39, 0.29) is 24.2 Å². The van der Waals surface area contributed by atoms with Crippen LogP contribution in [-0.2, 0) is 4.79 Å². The van der Waals surface area contributed by atoms with Crippen LogP contribution in [0.1, 0.15) is 21.6 Å². The van der Waals surface area contributed by atoms with Gasteiger partial charge in [-0.05, 0) is 51.1 Å². The Bertz CT molecular complexity index is 517. The molecule has 2 atom stereocenters. The molecular formula is C17H25ClN2OS2. The fourth-order valence-electron chi connectivity index (χ4n) is 2.59. The molecule has 0 spiro atoms. The molecule has 0 fully saturated rings. The molecule has 0 aromatic carbocycles. The van der Waals surface area contributed by atoms with Gasteiger partial charge in [0.25, 0.3) is 0 Å². The van der Waals surface area contributed by atoms with Crippen LogP contribution >= 0.6 is 35.1 Å². The Hall–Kier alpha value is -0.720. The summed E-state index contributed by atoms with van der Waals surface area (Å²) in [4.78, 5) is 19.8. The number of rotatable bonds is 8. The largest absolute Gasteiger partial charge is 0.308 e. The van der Waals surface area contributed by atoms with Crippen molar-refractivity contribution in [2.75, 3.05) is 41.3 Å². The van der Waals surface area contributed by atoms with E-state index in [1.54, 1.807) is 22.7 Å². The summed E-state index contributed by atoms with van der Waals surface area (Å²) in [7, 11) is 8.11. The molecule has 0 radical (unpaired) electrons. The summed E-state index contributed by atoms with van der Waals surface area (Å²) in [6.07, 6.45) is 0. The van der Waals surface area contributed by atoms with Crippen molar-refractivity contribution in [2.45, 2.75) is 11.8 Å². The van der Waals surface area contributed by atoms with E-state index in [9.17, 15) is 4.79 Å². The number of nitrogens with zero attached hydrogens (tertiary/aromatic N) is 2. The number of hydrogen-bond acceptors (Lipinski definition) is 5. The van der Waals surface area contributed by atoms with Crippen LogP contribution < -0.4 is 0 Å². The van der Waals surface area contributed by atoms with Gasteiger partial charge in [-0.1, -0.05) is 12.1 Å². The summed E-state index contributed by atoms with van der Waals surface area (Å²) in [6.45, 7) is 1.52. The Labute approximate surface area is 153 Å². The predicted octanol–water partition coefficient (Wildman–Crippen LogP) is 3.79. The monoisotopic (exact) mass is 372 g/mol. The molecule has 0 bridgehead atoms. The number of likely N-dealkylation sites (N-methyl/N-ethyl adjacent to an activating group) is 2. The van der Waals surface area contributed by atoms with Gasteiger partial charge in [0.05, 0.1) is 11.8 Å². The second kappa shape index (κ2) is 9.55. The lowest BCUT2D eigenvalue weighted by atomic mass is 9.89. The average Bonchev–Trinajstić information content (AvgIpc) is 3.13. The molecule has 2 unspecified atom stereocenters. The van der Waals surface area contributed by atoms with Crippen LogP contribution in [0.2, 0.25) is 0 Å². The molecule has 2 heterocycles. The van der Waals surface area contributed by atoms with Crippen LogP contribution in [0.5, 0.6) is 0 Å². The zero-order chi connectivity index (χ0) is 16.1. The summed E-state index contributed by atoms with van der Waals surface area (Å²) >= 11 is 3.35. The summed E-state index contributed by atoms with van der Waals surface area (Å²) in [6, 6.07) is 8.22. The topological polar surface area (TPSA) is 23.6 Å². The van der Waals surface area contributed by atoms with E-state index in [2.05, 4.69) is 32.7 Å². The zero-order valence-corrected chi connectivity index (χ0v) is 16.5. The molecule has 0 N–H and O–H groups in total. The number of thiophene rings is 2. The molecule has 128 valence electrons. The highest BCUT2D eigenvalue weighted by Crippen LogP contribution is 2.32. The molecular weight excluding hydrogens is 348 g/mol. The molecule has 0 amide bonds. The summed E-state index contributed by atoms with van der Waals surface area (Å²) in [5.41, 5.74) is 0. The number of hydrogen-bond donors (Lipinski definition) is 0. The third-order valence-corrected chi connectivity index (χ3v) is 5.53. The smallest absolute Gasteiger partial charge is 0.151 e. The normalized spacial score (nSPS) is 13.8. The fourth-order valence-corrected chi connectivity index (χ4v) is 4.25. The van der Waals surface area contributed by atoms with Crippen molar-refractivity contribution < 1.29 is 4.79 Å². The van der Waals surface area contributed by atoms with Crippen LogP contribution in [0.3, 0.4) is 0 Å². The Morgan fingerprint density at radius 3 is 1.57 bits per heavy atom. The summed E-state index contributed by atoms with van der Waals surface area (Å²) < 4.78 is 0. The first kappa shape index (κ1) is 20.3. The molecule has 0 aliphatic carbocycles. The van der Waals surface area contributed by atoms with Gasteiger partial charge in [0.1, 0.15) is 0 Å². The Morgan fingerprint density at radius 1 is 0.913 bits per heavy atom. The van der Waals surface area contributed by atoms with Crippen LogP contribution in [0, 0.1) is 0 Å². The highest BCUT2D eigenvalue weighted by atomic mass is 35.5. The van der Waals surface area contributed by atoms with E-state index in [0.717, 1.165) is 13.1 Å². The Morgan fingerprint density at radius 2 is 1.30 bits per heavy atom. The summed E-state index contributed by atoms with van der Waals surface area (Å²) in [5.74, 6) is 0.219. The number of carbonyl (C=O) groups excluding carboxylic acids is 1. The first-order valence-corrected chi connectivity index (χ1v) is 9.15. The molecule has 0 saturated heterocycles. The second-order valence-corrected chi connectivity index (χ2v) is 8.02. The van der Waals surface area contributed by atoms with Crippen LogP contribution in [-0.4, -0.2) is 56.9 Å². The standard InChI is InChI=1S/C17H24N2OS2.ClH/c1-18(2)11-13(15-7-5-9-21-15)17(20)14(12-19(3)4)16-8-6-10-22-16;/h5-10,13-14H,11-12H2,1-4H3;1H. The maximum absolute atomic E-state index is 13.3. The van der Waals surface area contributed by atoms with Crippen molar-refractivity contribution in [3.63, 3.8) is 0 Å². The predicted molar refractivity (Wildman–Crippen MR) is 103 cm³/mol. The number of ketones is 1. The Balaban J connectivity index is 0.00000264. The van der Waals surface area contributed by atoms with Crippen molar-refractivity contribution in [2.24, 2.45) is 0 Å². The maximum Gasteiger partial charge on any atom is 0.151 e. The molecule has 3 nitrogen and oxygen atoms in total. The van der Waals surface area contributed by atoms with Crippen molar-refractivity contribution in [1.29, 1.82) is 0 Å². The van der Waals surface area contributed by atoms with E-state index < -0.39 is 0 Å². The van der Waals surface area contributed by atoms with Gasteiger partial charge in [-0.15, -0.1) is 35.1 Å². The van der Waals surface area contributed by atoms with E-state index in [1.807, 2.05) is 40.3 Å². The first-order chi connectivity index (χ1) is 10.5. The molecule has 23 heavy (non-hydrogen) atoms. The minimum Gasteiger partial charge on any atom is -0.308 e. The van der Waals surface area contributed by atoms with Gasteiger partial charge in [-0.3, -0.25) is 4.79 Å². The van der Waals surface area contributed by atoms with E-state index in [1.165, 1.54) is 9.75 Å². The van der Waals surface area contributed by atoms with Crippen LogP contribution in [0.25, 0.3) is 0 Å². The van der Waals surface area contributed by atoms with Gasteiger partial charge < -0.3 is 9.80 Å². The quantitative estimate of drug-likeness (QED) is 0.704. The van der Waals surface area contributed by atoms with Crippen molar-refractivity contribution in [3.8, 4) is 0 Å². The third kappa shape index (κ3) is 5.69. The number of Topliss-reactive ketones (excluding diaryl/α,β-unsaturated/α-hetero) is 1. The minimum atomic E-state index is -0.0537. The maximum atomic E-state index is 13.3. The molecule has 0 aliphatic rings. The van der Waals surface area contributed by atoms with Crippen LogP contribution in [0.4, 0.5) is 0 Å². The third-order valence-electron chi connectivity index (χ3n) is 3.56. The zero-order valence-electron chi connectivity index (χ0n) is 14.1. The van der Waals surface area contributed by atoms with Crippen LogP contribution in [0.15, 0.2) is 35.0 Å². The van der Waals surface area contributed by atoms with Crippen molar-refractivity contribution in [3.05, 3.63) is 44.8 Å². The van der Waals surface area contributed by atoms with E-state index in [4.69, 9.17) is 0 Å². The first-order valence-electron chi connectivity index (χ1n) is 7.39. The van der Waals surface area contributed by atoms with E-state index >= 15 is 0 Å². The van der Waals surface area contributed by atoms with E-state index in [0.29, 0.717) is 5.78 Å². The lowest BCUT2D eigenvalue weighted by molar-refractivity contribution is -0.122. The molecule has 6 heteroatoms. The lowest BCUT2D eigenvalue weighted by Gasteiger charge is -2.25. The van der Waals surface area contributed by atoms with Crippen molar-refractivity contribution in [1.82, 2.24) is 9.80 Å². The van der Waals surface area contributed by atoms with Crippen molar-refractivity contribution >= 4 is 40.9 Å². The van der Waals surface area contributed by atoms with Gasteiger partial charge >= 0.3 is 0 Å². The van der Waals surface area contributed by atoms with Gasteiger partial charge in [0, 0.05) is 22.8 Å².